The molecule has 0 aromatic heterocycles. The zero-order valence-corrected chi connectivity index (χ0v) is 12.3. The number of carbonyl (C=O) groups excluding carboxylic acids is 1. The molecule has 1 fully saturated rings. The summed E-state index contributed by atoms with van der Waals surface area (Å²) in [6.07, 6.45) is 0.462. The summed E-state index contributed by atoms with van der Waals surface area (Å²) in [5.41, 5.74) is 0.911. The second kappa shape index (κ2) is 7.41. The molecule has 0 spiro atoms. The van der Waals surface area contributed by atoms with E-state index in [0.717, 1.165) is 25.1 Å². The summed E-state index contributed by atoms with van der Waals surface area (Å²) in [6, 6.07) is 9.91. The molecule has 3 unspecified atom stereocenters. The molecule has 1 aromatic carbocycles. The van der Waals surface area contributed by atoms with Gasteiger partial charge in [0.2, 0.25) is 0 Å². The first-order chi connectivity index (χ1) is 9.72. The number of piperidine rings is 1. The van der Waals surface area contributed by atoms with Gasteiger partial charge in [-0.1, -0.05) is 37.3 Å². The number of nitrogens with one attached hydrogen (secondary N) is 2. The van der Waals surface area contributed by atoms with Crippen LogP contribution in [0.4, 0.5) is 0 Å². The van der Waals surface area contributed by atoms with Crippen LogP contribution in [-0.4, -0.2) is 31.6 Å². The van der Waals surface area contributed by atoms with Crippen LogP contribution in [0.15, 0.2) is 30.3 Å². The van der Waals surface area contributed by atoms with E-state index < -0.39 is 6.10 Å². The molecule has 3 atom stereocenters. The maximum atomic E-state index is 12.5. The molecule has 1 aliphatic rings. The summed E-state index contributed by atoms with van der Waals surface area (Å²) >= 11 is 0. The topological polar surface area (TPSA) is 50.4 Å². The van der Waals surface area contributed by atoms with E-state index in [9.17, 15) is 4.79 Å². The van der Waals surface area contributed by atoms with Crippen molar-refractivity contribution in [3.8, 4) is 0 Å². The highest BCUT2D eigenvalue weighted by Gasteiger charge is 2.27. The van der Waals surface area contributed by atoms with E-state index in [2.05, 4.69) is 17.6 Å². The smallest absolute Gasteiger partial charge is 0.253 e. The fourth-order valence-corrected chi connectivity index (χ4v) is 2.60. The number of hydrogen-bond donors (Lipinski definition) is 2. The molecule has 0 aliphatic carbocycles. The lowest BCUT2D eigenvalue weighted by Gasteiger charge is -2.31. The van der Waals surface area contributed by atoms with Gasteiger partial charge in [0.05, 0.1) is 0 Å². The maximum Gasteiger partial charge on any atom is 0.253 e. The van der Waals surface area contributed by atoms with Crippen LogP contribution in [0.3, 0.4) is 0 Å². The van der Waals surface area contributed by atoms with Crippen LogP contribution in [0.2, 0.25) is 0 Å². The van der Waals surface area contributed by atoms with Crippen molar-refractivity contribution in [3.63, 3.8) is 0 Å². The van der Waals surface area contributed by atoms with Crippen molar-refractivity contribution in [1.82, 2.24) is 10.6 Å². The lowest BCUT2D eigenvalue weighted by molar-refractivity contribution is -0.134. The highest BCUT2D eigenvalue weighted by atomic mass is 16.5. The largest absolute Gasteiger partial charge is 0.364 e. The van der Waals surface area contributed by atoms with Crippen LogP contribution in [0.1, 0.15) is 31.9 Å². The van der Waals surface area contributed by atoms with Crippen molar-refractivity contribution in [2.24, 2.45) is 5.92 Å². The summed E-state index contributed by atoms with van der Waals surface area (Å²) in [7, 11) is 0. The van der Waals surface area contributed by atoms with E-state index in [4.69, 9.17) is 4.74 Å². The zero-order valence-electron chi connectivity index (χ0n) is 12.3. The fourth-order valence-electron chi connectivity index (χ4n) is 2.60. The van der Waals surface area contributed by atoms with E-state index in [1.54, 1.807) is 0 Å². The van der Waals surface area contributed by atoms with Gasteiger partial charge in [0, 0.05) is 12.6 Å². The molecule has 1 saturated heterocycles. The molecule has 1 heterocycles. The normalized spacial score (nSPS) is 24.1. The predicted octanol–water partition coefficient (Wildman–Crippen LogP) is 1.88. The molecule has 20 heavy (non-hydrogen) atoms. The lowest BCUT2D eigenvalue weighted by Crippen LogP contribution is -2.49. The third-order valence-corrected chi connectivity index (χ3v) is 3.79. The van der Waals surface area contributed by atoms with Gasteiger partial charge in [0.1, 0.15) is 0 Å². The molecule has 4 heteroatoms. The minimum atomic E-state index is -0.511. The standard InChI is InChI=1S/C16H24N2O2/c1-3-20-15(13-7-5-4-6-8-13)16(19)18-14-9-10-17-11-12(14)2/h4-8,12,14-15,17H,3,9-11H2,1-2H3,(H,18,19). The Morgan fingerprint density at radius 1 is 1.45 bits per heavy atom. The minimum absolute atomic E-state index is 0.0307. The van der Waals surface area contributed by atoms with Crippen LogP contribution < -0.4 is 10.6 Å². The van der Waals surface area contributed by atoms with E-state index in [-0.39, 0.29) is 11.9 Å². The first-order valence-electron chi connectivity index (χ1n) is 7.40. The SMILES string of the molecule is CCOC(C(=O)NC1CCNCC1C)c1ccccc1. The number of rotatable bonds is 5. The van der Waals surface area contributed by atoms with Gasteiger partial charge in [0.25, 0.3) is 5.91 Å². The van der Waals surface area contributed by atoms with Gasteiger partial charge < -0.3 is 15.4 Å². The third kappa shape index (κ3) is 3.81. The Kier molecular flexibility index (Phi) is 5.56. The fraction of sp³-hybridized carbons (Fsp3) is 0.562. The molecule has 1 aromatic rings. The average molecular weight is 276 g/mol. The first kappa shape index (κ1) is 15.0. The minimum Gasteiger partial charge on any atom is -0.364 e. The molecule has 4 nitrogen and oxygen atoms in total. The van der Waals surface area contributed by atoms with Gasteiger partial charge in [-0.25, -0.2) is 0 Å². The van der Waals surface area contributed by atoms with E-state index >= 15 is 0 Å². The molecule has 0 saturated carbocycles. The number of hydrogen-bond acceptors (Lipinski definition) is 3. The molecule has 1 amide bonds. The van der Waals surface area contributed by atoms with Crippen molar-refractivity contribution in [2.45, 2.75) is 32.4 Å². The predicted molar refractivity (Wildman–Crippen MR) is 79.4 cm³/mol. The lowest BCUT2D eigenvalue weighted by atomic mass is 9.95. The van der Waals surface area contributed by atoms with Crippen molar-refractivity contribution < 1.29 is 9.53 Å². The maximum absolute atomic E-state index is 12.5. The Hall–Kier alpha value is -1.39. The van der Waals surface area contributed by atoms with Crippen LogP contribution in [0.5, 0.6) is 0 Å². The first-order valence-corrected chi connectivity index (χ1v) is 7.40. The van der Waals surface area contributed by atoms with Crippen molar-refractivity contribution in [1.29, 1.82) is 0 Å². The van der Waals surface area contributed by atoms with Crippen LogP contribution >= 0.6 is 0 Å². The van der Waals surface area contributed by atoms with Crippen molar-refractivity contribution in [2.75, 3.05) is 19.7 Å². The summed E-state index contributed by atoms with van der Waals surface area (Å²) < 4.78 is 5.64. The highest BCUT2D eigenvalue weighted by molar-refractivity contribution is 5.82. The van der Waals surface area contributed by atoms with E-state index in [0.29, 0.717) is 12.5 Å². The van der Waals surface area contributed by atoms with E-state index in [1.807, 2.05) is 37.3 Å². The second-order valence-electron chi connectivity index (χ2n) is 5.33. The van der Waals surface area contributed by atoms with Crippen LogP contribution in [0, 0.1) is 5.92 Å². The van der Waals surface area contributed by atoms with E-state index in [1.165, 1.54) is 0 Å². The van der Waals surface area contributed by atoms with Crippen molar-refractivity contribution in [3.05, 3.63) is 35.9 Å². The quantitative estimate of drug-likeness (QED) is 0.863. The molecule has 1 aliphatic heterocycles. The van der Waals surface area contributed by atoms with Gasteiger partial charge in [-0.3, -0.25) is 4.79 Å². The van der Waals surface area contributed by atoms with Gasteiger partial charge in [0.15, 0.2) is 6.10 Å². The van der Waals surface area contributed by atoms with Crippen molar-refractivity contribution >= 4 is 5.91 Å². The molecule has 110 valence electrons. The summed E-state index contributed by atoms with van der Waals surface area (Å²) in [4.78, 5) is 12.5. The summed E-state index contributed by atoms with van der Waals surface area (Å²) in [5.74, 6) is 0.419. The van der Waals surface area contributed by atoms with Crippen LogP contribution in [-0.2, 0) is 9.53 Å². The highest BCUT2D eigenvalue weighted by Crippen LogP contribution is 2.19. The Labute approximate surface area is 120 Å². The Morgan fingerprint density at radius 3 is 2.85 bits per heavy atom. The Bertz CT molecular complexity index is 422. The molecule has 0 bridgehead atoms. The van der Waals surface area contributed by atoms with Gasteiger partial charge in [-0.05, 0) is 37.9 Å². The van der Waals surface area contributed by atoms with Gasteiger partial charge >= 0.3 is 0 Å². The summed E-state index contributed by atoms with van der Waals surface area (Å²) in [6.45, 7) is 6.51. The van der Waals surface area contributed by atoms with Crippen LogP contribution in [0.25, 0.3) is 0 Å². The summed E-state index contributed by atoms with van der Waals surface area (Å²) in [5, 5.41) is 6.49. The monoisotopic (exact) mass is 276 g/mol. The van der Waals surface area contributed by atoms with Gasteiger partial charge in [-0.15, -0.1) is 0 Å². The molecule has 2 rings (SSSR count). The Balaban J connectivity index is 2.03. The molecular formula is C16H24N2O2. The number of amides is 1. The third-order valence-electron chi connectivity index (χ3n) is 3.79. The molecule has 0 radical (unpaired) electrons. The van der Waals surface area contributed by atoms with Gasteiger partial charge in [-0.2, -0.15) is 0 Å². The zero-order chi connectivity index (χ0) is 14.4. The number of ether oxygens (including phenoxy) is 1. The molecule has 2 N–H and O–H groups in total. The molecular weight excluding hydrogens is 252 g/mol. The average Bonchev–Trinajstić information content (AvgIpc) is 2.48. The Morgan fingerprint density at radius 2 is 2.20 bits per heavy atom. The number of benzene rings is 1. The number of carbonyl (C=O) groups is 1. The second-order valence-corrected chi connectivity index (χ2v) is 5.33.